The topological polar surface area (TPSA) is 58.2 Å². The number of piperidine rings is 1. The van der Waals surface area contributed by atoms with E-state index in [1.54, 1.807) is 0 Å². The van der Waals surface area contributed by atoms with Crippen molar-refractivity contribution in [3.05, 3.63) is 35.4 Å². The zero-order chi connectivity index (χ0) is 14.5. The third-order valence-electron chi connectivity index (χ3n) is 3.26. The van der Waals surface area contributed by atoms with Crippen LogP contribution in [0.4, 0.5) is 8.78 Å². The summed E-state index contributed by atoms with van der Waals surface area (Å²) in [5, 5.41) is 5.49. The van der Waals surface area contributed by atoms with Gasteiger partial charge in [0.05, 0.1) is 0 Å². The molecule has 1 aliphatic rings. The van der Waals surface area contributed by atoms with Crippen LogP contribution in [0.2, 0.25) is 0 Å². The predicted octanol–water partition coefficient (Wildman–Crippen LogP) is 1.29. The first kappa shape index (κ1) is 14.4. The van der Waals surface area contributed by atoms with Gasteiger partial charge in [-0.05, 0) is 30.5 Å². The Kier molecular flexibility index (Phi) is 4.65. The molecule has 4 nitrogen and oxygen atoms in total. The van der Waals surface area contributed by atoms with Crippen LogP contribution in [0.1, 0.15) is 24.8 Å². The molecule has 1 atom stereocenters. The lowest BCUT2D eigenvalue weighted by Gasteiger charge is -2.23. The summed E-state index contributed by atoms with van der Waals surface area (Å²) >= 11 is 0. The Morgan fingerprint density at radius 3 is 2.80 bits per heavy atom. The zero-order valence-electron chi connectivity index (χ0n) is 10.9. The molecule has 6 heteroatoms. The second-order valence-corrected chi connectivity index (χ2v) is 4.86. The molecule has 1 saturated heterocycles. The van der Waals surface area contributed by atoms with Crippen molar-refractivity contribution in [2.75, 3.05) is 6.54 Å². The number of halogens is 2. The number of benzene rings is 1. The molecule has 0 aromatic heterocycles. The van der Waals surface area contributed by atoms with Crippen molar-refractivity contribution in [1.29, 1.82) is 0 Å². The molecule has 1 aliphatic heterocycles. The summed E-state index contributed by atoms with van der Waals surface area (Å²) in [7, 11) is 0. The van der Waals surface area contributed by atoms with E-state index in [1.807, 2.05) is 0 Å². The summed E-state index contributed by atoms with van der Waals surface area (Å²) in [4.78, 5) is 22.7. The fraction of sp³-hybridized carbons (Fsp3) is 0.429. The Hall–Kier alpha value is -1.98. The average molecular weight is 282 g/mol. The number of hydrogen-bond acceptors (Lipinski definition) is 2. The van der Waals surface area contributed by atoms with Crippen molar-refractivity contribution in [1.82, 2.24) is 10.6 Å². The van der Waals surface area contributed by atoms with Gasteiger partial charge in [-0.1, -0.05) is 6.07 Å². The Morgan fingerprint density at radius 2 is 2.15 bits per heavy atom. The lowest BCUT2D eigenvalue weighted by molar-refractivity contribution is -0.125. The van der Waals surface area contributed by atoms with E-state index in [2.05, 4.69) is 10.6 Å². The fourth-order valence-electron chi connectivity index (χ4n) is 2.11. The molecule has 2 N–H and O–H groups in total. The van der Waals surface area contributed by atoms with Gasteiger partial charge in [0.15, 0.2) is 11.6 Å². The first-order chi connectivity index (χ1) is 9.54. The largest absolute Gasteiger partial charge is 0.354 e. The monoisotopic (exact) mass is 282 g/mol. The molecule has 0 bridgehead atoms. The van der Waals surface area contributed by atoms with Crippen LogP contribution in [-0.2, 0) is 16.0 Å². The molecular formula is C14H16F2N2O2. The molecule has 20 heavy (non-hydrogen) atoms. The molecule has 0 radical (unpaired) electrons. The second kappa shape index (κ2) is 6.45. The van der Waals surface area contributed by atoms with Crippen molar-refractivity contribution in [2.24, 2.45) is 0 Å². The molecule has 1 aromatic carbocycles. The van der Waals surface area contributed by atoms with Gasteiger partial charge in [0, 0.05) is 25.4 Å². The molecule has 0 saturated carbocycles. The first-order valence-electron chi connectivity index (χ1n) is 6.54. The Bertz CT molecular complexity index is 510. The first-order valence-corrected chi connectivity index (χ1v) is 6.54. The van der Waals surface area contributed by atoms with Gasteiger partial charge in [-0.15, -0.1) is 0 Å². The van der Waals surface area contributed by atoms with E-state index in [4.69, 9.17) is 0 Å². The third kappa shape index (κ3) is 4.01. The van der Waals surface area contributed by atoms with Crippen LogP contribution in [0, 0.1) is 11.6 Å². The fourth-order valence-corrected chi connectivity index (χ4v) is 2.11. The molecule has 2 rings (SSSR count). The van der Waals surface area contributed by atoms with Crippen molar-refractivity contribution in [3.8, 4) is 0 Å². The summed E-state index contributed by atoms with van der Waals surface area (Å²) in [5.74, 6) is -1.96. The highest BCUT2D eigenvalue weighted by Gasteiger charge is 2.19. The predicted molar refractivity (Wildman–Crippen MR) is 68.9 cm³/mol. The highest BCUT2D eigenvalue weighted by molar-refractivity contribution is 5.79. The summed E-state index contributed by atoms with van der Waals surface area (Å²) in [6.07, 6.45) is 1.59. The second-order valence-electron chi connectivity index (χ2n) is 4.86. The van der Waals surface area contributed by atoms with E-state index in [0.29, 0.717) is 31.4 Å². The Morgan fingerprint density at radius 1 is 1.35 bits per heavy atom. The van der Waals surface area contributed by atoms with Crippen molar-refractivity contribution >= 4 is 11.8 Å². The summed E-state index contributed by atoms with van der Waals surface area (Å²) in [6, 6.07) is 3.57. The lowest BCUT2D eigenvalue weighted by atomic mass is 10.1. The molecule has 1 aromatic rings. The van der Waals surface area contributed by atoms with Gasteiger partial charge in [0.25, 0.3) is 0 Å². The summed E-state index contributed by atoms with van der Waals surface area (Å²) in [6.45, 7) is 0.440. The smallest absolute Gasteiger partial charge is 0.220 e. The van der Waals surface area contributed by atoms with E-state index in [1.165, 1.54) is 6.07 Å². The quantitative estimate of drug-likeness (QED) is 0.874. The number of aryl methyl sites for hydroxylation is 1. The van der Waals surface area contributed by atoms with Crippen molar-refractivity contribution in [3.63, 3.8) is 0 Å². The van der Waals surface area contributed by atoms with Gasteiger partial charge < -0.3 is 10.6 Å². The van der Waals surface area contributed by atoms with E-state index < -0.39 is 11.6 Å². The van der Waals surface area contributed by atoms with E-state index in [0.717, 1.165) is 12.1 Å². The van der Waals surface area contributed by atoms with Gasteiger partial charge in [-0.2, -0.15) is 0 Å². The number of carbonyl (C=O) groups excluding carboxylic acids is 2. The SMILES string of the molecule is O=C1CCC(NC(=O)CCc2ccc(F)c(F)c2)CN1. The van der Waals surface area contributed by atoms with Crippen LogP contribution in [0.15, 0.2) is 18.2 Å². The molecule has 0 spiro atoms. The standard InChI is InChI=1S/C14H16F2N2O2/c15-11-4-1-9(7-12(11)16)2-5-14(20)18-10-3-6-13(19)17-8-10/h1,4,7,10H,2-3,5-6,8H2,(H,17,19)(H,18,20). The number of rotatable bonds is 4. The Balaban J connectivity index is 1.77. The van der Waals surface area contributed by atoms with Crippen LogP contribution in [0.3, 0.4) is 0 Å². The number of nitrogens with one attached hydrogen (secondary N) is 2. The van der Waals surface area contributed by atoms with Crippen LogP contribution in [-0.4, -0.2) is 24.4 Å². The lowest BCUT2D eigenvalue weighted by Crippen LogP contribution is -2.47. The number of carbonyl (C=O) groups is 2. The Labute approximate surface area is 115 Å². The van der Waals surface area contributed by atoms with Gasteiger partial charge in [-0.3, -0.25) is 9.59 Å². The van der Waals surface area contributed by atoms with Gasteiger partial charge in [-0.25, -0.2) is 8.78 Å². The maximum absolute atomic E-state index is 13.0. The minimum Gasteiger partial charge on any atom is -0.354 e. The van der Waals surface area contributed by atoms with Crippen LogP contribution >= 0.6 is 0 Å². The zero-order valence-corrected chi connectivity index (χ0v) is 10.9. The average Bonchev–Trinajstić information content (AvgIpc) is 2.43. The van der Waals surface area contributed by atoms with E-state index in [9.17, 15) is 18.4 Å². The van der Waals surface area contributed by atoms with E-state index >= 15 is 0 Å². The van der Waals surface area contributed by atoms with Crippen molar-refractivity contribution in [2.45, 2.75) is 31.7 Å². The maximum atomic E-state index is 13.0. The van der Waals surface area contributed by atoms with Gasteiger partial charge in [0.2, 0.25) is 11.8 Å². The maximum Gasteiger partial charge on any atom is 0.220 e. The van der Waals surface area contributed by atoms with E-state index in [-0.39, 0.29) is 24.3 Å². The van der Waals surface area contributed by atoms with Crippen LogP contribution < -0.4 is 10.6 Å². The minimum atomic E-state index is -0.905. The number of hydrogen-bond donors (Lipinski definition) is 2. The van der Waals surface area contributed by atoms with Crippen molar-refractivity contribution < 1.29 is 18.4 Å². The van der Waals surface area contributed by atoms with Crippen LogP contribution in [0.25, 0.3) is 0 Å². The molecule has 108 valence electrons. The minimum absolute atomic E-state index is 0.00251. The molecule has 0 aliphatic carbocycles. The highest BCUT2D eigenvalue weighted by Crippen LogP contribution is 2.10. The molecular weight excluding hydrogens is 266 g/mol. The van der Waals surface area contributed by atoms with Crippen LogP contribution in [0.5, 0.6) is 0 Å². The molecule has 1 unspecified atom stereocenters. The summed E-state index contributed by atoms with van der Waals surface area (Å²) in [5.41, 5.74) is 0.580. The highest BCUT2D eigenvalue weighted by atomic mass is 19.2. The molecule has 1 heterocycles. The van der Waals surface area contributed by atoms with Gasteiger partial charge in [0.1, 0.15) is 0 Å². The third-order valence-corrected chi connectivity index (χ3v) is 3.26. The normalized spacial score (nSPS) is 18.5. The number of amides is 2. The molecule has 1 fully saturated rings. The summed E-state index contributed by atoms with van der Waals surface area (Å²) < 4.78 is 25.7. The molecule has 2 amide bonds. The van der Waals surface area contributed by atoms with Gasteiger partial charge >= 0.3 is 0 Å².